The molecule has 2 unspecified atom stereocenters. The maximum Gasteiger partial charge on any atom is 0.126 e. The number of hydrogen-bond acceptors (Lipinski definition) is 2. The zero-order valence-corrected chi connectivity index (χ0v) is 11.0. The Morgan fingerprint density at radius 1 is 1.35 bits per heavy atom. The second-order valence-electron chi connectivity index (χ2n) is 4.29. The van der Waals surface area contributed by atoms with Crippen LogP contribution >= 0.6 is 23.2 Å². The van der Waals surface area contributed by atoms with Gasteiger partial charge in [-0.15, -0.1) is 0 Å². The first kappa shape index (κ1) is 12.9. The SMILES string of the molecule is CC1CC(Nc2c(Cl)cc(F)cc2Cl)CCO1. The molecule has 2 rings (SSSR count). The van der Waals surface area contributed by atoms with Crippen molar-refractivity contribution in [3.8, 4) is 0 Å². The van der Waals surface area contributed by atoms with Crippen LogP contribution in [-0.2, 0) is 4.74 Å². The summed E-state index contributed by atoms with van der Waals surface area (Å²) < 4.78 is 18.5. The predicted octanol–water partition coefficient (Wildman–Crippen LogP) is 4.11. The first-order valence-corrected chi connectivity index (χ1v) is 6.34. The Hall–Kier alpha value is -0.510. The summed E-state index contributed by atoms with van der Waals surface area (Å²) in [5.74, 6) is -0.425. The number of anilines is 1. The highest BCUT2D eigenvalue weighted by molar-refractivity contribution is 6.39. The molecule has 0 bridgehead atoms. The van der Waals surface area contributed by atoms with Gasteiger partial charge in [0.1, 0.15) is 5.82 Å². The fourth-order valence-corrected chi connectivity index (χ4v) is 2.58. The molecule has 0 spiro atoms. The van der Waals surface area contributed by atoms with E-state index in [9.17, 15) is 4.39 Å². The lowest BCUT2D eigenvalue weighted by Gasteiger charge is -2.29. The Labute approximate surface area is 110 Å². The van der Waals surface area contributed by atoms with Crippen LogP contribution in [0, 0.1) is 5.82 Å². The summed E-state index contributed by atoms with van der Waals surface area (Å²) in [6.07, 6.45) is 2.01. The Morgan fingerprint density at radius 2 is 2.00 bits per heavy atom. The van der Waals surface area contributed by atoms with E-state index >= 15 is 0 Å². The first-order chi connectivity index (χ1) is 8.06. The van der Waals surface area contributed by atoms with E-state index in [4.69, 9.17) is 27.9 Å². The third-order valence-electron chi connectivity index (χ3n) is 2.84. The van der Waals surface area contributed by atoms with Gasteiger partial charge >= 0.3 is 0 Å². The molecule has 2 atom stereocenters. The van der Waals surface area contributed by atoms with Crippen molar-refractivity contribution in [2.75, 3.05) is 11.9 Å². The van der Waals surface area contributed by atoms with Crippen LogP contribution in [0.4, 0.5) is 10.1 Å². The van der Waals surface area contributed by atoms with E-state index in [1.807, 2.05) is 6.92 Å². The number of rotatable bonds is 2. The molecule has 1 aliphatic heterocycles. The lowest BCUT2D eigenvalue weighted by atomic mass is 10.0. The van der Waals surface area contributed by atoms with Crippen LogP contribution in [0.25, 0.3) is 0 Å². The molecule has 1 aromatic carbocycles. The number of halogens is 3. The zero-order chi connectivity index (χ0) is 12.4. The van der Waals surface area contributed by atoms with Crippen LogP contribution in [-0.4, -0.2) is 18.8 Å². The lowest BCUT2D eigenvalue weighted by molar-refractivity contribution is 0.0232. The van der Waals surface area contributed by atoms with Crippen LogP contribution in [0.3, 0.4) is 0 Å². The molecule has 0 saturated carbocycles. The van der Waals surface area contributed by atoms with E-state index < -0.39 is 5.82 Å². The molecule has 1 fully saturated rings. The molecule has 94 valence electrons. The van der Waals surface area contributed by atoms with E-state index in [2.05, 4.69) is 5.32 Å². The molecule has 1 saturated heterocycles. The van der Waals surface area contributed by atoms with Gasteiger partial charge in [-0.3, -0.25) is 0 Å². The summed E-state index contributed by atoms with van der Waals surface area (Å²) in [6, 6.07) is 2.79. The Bertz CT molecular complexity index is 390. The molecule has 1 aliphatic rings. The highest BCUT2D eigenvalue weighted by atomic mass is 35.5. The van der Waals surface area contributed by atoms with Gasteiger partial charge in [0.05, 0.1) is 21.8 Å². The third-order valence-corrected chi connectivity index (χ3v) is 3.44. The van der Waals surface area contributed by atoms with Crippen molar-refractivity contribution < 1.29 is 9.13 Å². The molecule has 1 aromatic rings. The van der Waals surface area contributed by atoms with Crippen LogP contribution < -0.4 is 5.32 Å². The van der Waals surface area contributed by atoms with Crippen molar-refractivity contribution >= 4 is 28.9 Å². The van der Waals surface area contributed by atoms with Crippen molar-refractivity contribution in [1.29, 1.82) is 0 Å². The highest BCUT2D eigenvalue weighted by Gasteiger charge is 2.21. The second-order valence-corrected chi connectivity index (χ2v) is 5.11. The second kappa shape index (κ2) is 5.42. The fourth-order valence-electron chi connectivity index (χ4n) is 2.01. The van der Waals surface area contributed by atoms with E-state index in [-0.39, 0.29) is 12.1 Å². The zero-order valence-electron chi connectivity index (χ0n) is 9.47. The lowest BCUT2D eigenvalue weighted by Crippen LogP contribution is -2.32. The van der Waals surface area contributed by atoms with Crippen molar-refractivity contribution in [2.45, 2.75) is 31.9 Å². The highest BCUT2D eigenvalue weighted by Crippen LogP contribution is 2.33. The van der Waals surface area contributed by atoms with E-state index in [1.165, 1.54) is 12.1 Å². The summed E-state index contributed by atoms with van der Waals surface area (Å²) in [5.41, 5.74) is 0.605. The molecule has 0 aromatic heterocycles. The quantitative estimate of drug-likeness (QED) is 0.878. The summed E-state index contributed by atoms with van der Waals surface area (Å²) in [7, 11) is 0. The van der Waals surface area contributed by atoms with E-state index in [0.29, 0.717) is 15.7 Å². The molecule has 1 heterocycles. The summed E-state index contributed by atoms with van der Waals surface area (Å²) >= 11 is 11.9. The number of benzene rings is 1. The fraction of sp³-hybridized carbons (Fsp3) is 0.500. The van der Waals surface area contributed by atoms with Crippen molar-refractivity contribution in [3.05, 3.63) is 28.0 Å². The van der Waals surface area contributed by atoms with Crippen LogP contribution in [0.15, 0.2) is 12.1 Å². The van der Waals surface area contributed by atoms with Gasteiger partial charge < -0.3 is 10.1 Å². The van der Waals surface area contributed by atoms with Gasteiger partial charge in [-0.25, -0.2) is 4.39 Å². The van der Waals surface area contributed by atoms with E-state index in [0.717, 1.165) is 19.4 Å². The maximum atomic E-state index is 13.0. The van der Waals surface area contributed by atoms with Crippen molar-refractivity contribution in [1.82, 2.24) is 0 Å². The molecule has 0 aliphatic carbocycles. The number of hydrogen-bond donors (Lipinski definition) is 1. The van der Waals surface area contributed by atoms with Gasteiger partial charge in [0, 0.05) is 12.6 Å². The summed E-state index contributed by atoms with van der Waals surface area (Å²) in [4.78, 5) is 0. The van der Waals surface area contributed by atoms with Gasteiger partial charge in [0.25, 0.3) is 0 Å². The van der Waals surface area contributed by atoms with Crippen LogP contribution in [0.1, 0.15) is 19.8 Å². The molecular weight excluding hydrogens is 264 g/mol. The molecular formula is C12H14Cl2FNO. The summed E-state index contributed by atoms with van der Waals surface area (Å²) in [6.45, 7) is 2.75. The van der Waals surface area contributed by atoms with Crippen LogP contribution in [0.2, 0.25) is 10.0 Å². The first-order valence-electron chi connectivity index (χ1n) is 5.59. The molecule has 0 amide bonds. The van der Waals surface area contributed by atoms with Gasteiger partial charge in [-0.1, -0.05) is 23.2 Å². The van der Waals surface area contributed by atoms with Crippen molar-refractivity contribution in [2.24, 2.45) is 0 Å². The Morgan fingerprint density at radius 3 is 2.59 bits per heavy atom. The third kappa shape index (κ3) is 3.24. The Kier molecular flexibility index (Phi) is 4.13. The molecule has 17 heavy (non-hydrogen) atoms. The van der Waals surface area contributed by atoms with Gasteiger partial charge in [-0.05, 0) is 31.9 Å². The smallest absolute Gasteiger partial charge is 0.126 e. The molecule has 1 N–H and O–H groups in total. The largest absolute Gasteiger partial charge is 0.380 e. The molecule has 5 heteroatoms. The standard InChI is InChI=1S/C12H14Cl2FNO/c1-7-4-9(2-3-17-7)16-12-10(13)5-8(15)6-11(12)14/h5-7,9,16H,2-4H2,1H3. The average Bonchev–Trinajstić information content (AvgIpc) is 2.23. The van der Waals surface area contributed by atoms with Crippen LogP contribution in [0.5, 0.6) is 0 Å². The van der Waals surface area contributed by atoms with Gasteiger partial charge in [-0.2, -0.15) is 0 Å². The van der Waals surface area contributed by atoms with E-state index in [1.54, 1.807) is 0 Å². The molecule has 2 nitrogen and oxygen atoms in total. The average molecular weight is 278 g/mol. The van der Waals surface area contributed by atoms with Gasteiger partial charge in [0.2, 0.25) is 0 Å². The van der Waals surface area contributed by atoms with Crippen molar-refractivity contribution in [3.63, 3.8) is 0 Å². The Balaban J connectivity index is 2.12. The minimum absolute atomic E-state index is 0.222. The summed E-state index contributed by atoms with van der Waals surface area (Å²) in [5, 5.41) is 3.89. The van der Waals surface area contributed by atoms with Gasteiger partial charge in [0.15, 0.2) is 0 Å². The number of ether oxygens (including phenoxy) is 1. The minimum Gasteiger partial charge on any atom is -0.380 e. The monoisotopic (exact) mass is 277 g/mol. The number of nitrogens with one attached hydrogen (secondary N) is 1. The normalized spacial score (nSPS) is 24.7. The topological polar surface area (TPSA) is 21.3 Å². The predicted molar refractivity (Wildman–Crippen MR) is 68.5 cm³/mol. The maximum absolute atomic E-state index is 13.0. The molecule has 0 radical (unpaired) electrons. The minimum atomic E-state index is -0.425.